The molecule has 4 heterocycles. The summed E-state index contributed by atoms with van der Waals surface area (Å²) >= 11 is 0. The van der Waals surface area contributed by atoms with Crippen LogP contribution in [0.5, 0.6) is 0 Å². The molecule has 0 fully saturated rings. The first-order chi connectivity index (χ1) is 20.2. The smallest absolute Gasteiger partial charge is 0.123 e. The first kappa shape index (κ1) is 23.2. The molecule has 5 nitrogen and oxygen atoms in total. The van der Waals surface area contributed by atoms with Crippen LogP contribution in [0.2, 0.25) is 0 Å². The van der Waals surface area contributed by atoms with E-state index in [2.05, 4.69) is 57.5 Å². The molecule has 0 saturated heterocycles. The summed E-state index contributed by atoms with van der Waals surface area (Å²) in [6.07, 6.45) is 4.08. The molecule has 8 aromatic rings. The molecule has 0 saturated carbocycles. The van der Waals surface area contributed by atoms with E-state index in [1.165, 1.54) is 12.1 Å². The minimum atomic E-state index is -0.290. The van der Waals surface area contributed by atoms with Crippen LogP contribution in [0.3, 0.4) is 0 Å². The Kier molecular flexibility index (Phi) is 5.06. The highest BCUT2D eigenvalue weighted by molar-refractivity contribution is 6.11. The number of aromatic nitrogens is 4. The molecular weight excluding hydrogens is 509 g/mol. The number of rotatable bonds is 4. The highest BCUT2D eigenvalue weighted by Gasteiger charge is 2.27. The summed E-state index contributed by atoms with van der Waals surface area (Å²) < 4.78 is 14.0. The van der Waals surface area contributed by atoms with Gasteiger partial charge in [0.2, 0.25) is 0 Å². The van der Waals surface area contributed by atoms with Crippen LogP contribution in [-0.4, -0.2) is 19.9 Å². The van der Waals surface area contributed by atoms with Gasteiger partial charge in [-0.25, -0.2) is 9.37 Å². The van der Waals surface area contributed by atoms with Crippen LogP contribution in [0.15, 0.2) is 109 Å². The first-order valence-corrected chi connectivity index (χ1v) is 13.4. The molecular formula is C35H22FN5. The molecule has 8 rings (SSSR count). The van der Waals surface area contributed by atoms with Gasteiger partial charge in [-0.1, -0.05) is 36.4 Å². The van der Waals surface area contributed by atoms with Gasteiger partial charge in [-0.15, -0.1) is 0 Å². The van der Waals surface area contributed by atoms with Gasteiger partial charge in [0.1, 0.15) is 5.82 Å². The van der Waals surface area contributed by atoms with E-state index in [0.717, 1.165) is 71.7 Å². The Morgan fingerprint density at radius 2 is 1.37 bits per heavy atom. The quantitative estimate of drug-likeness (QED) is 0.213. The molecule has 1 unspecified atom stereocenters. The number of aromatic amines is 3. The van der Waals surface area contributed by atoms with Crippen LogP contribution in [-0.2, 0) is 0 Å². The van der Waals surface area contributed by atoms with Crippen molar-refractivity contribution in [1.29, 1.82) is 5.26 Å². The maximum Gasteiger partial charge on any atom is 0.123 e. The van der Waals surface area contributed by atoms with E-state index in [0.29, 0.717) is 5.56 Å². The van der Waals surface area contributed by atoms with Gasteiger partial charge in [-0.3, -0.25) is 0 Å². The van der Waals surface area contributed by atoms with Crippen molar-refractivity contribution >= 4 is 43.6 Å². The fourth-order valence-electron chi connectivity index (χ4n) is 6.10. The molecule has 0 amide bonds. The average molecular weight is 532 g/mol. The predicted octanol–water partition coefficient (Wildman–Crippen LogP) is 8.54. The third kappa shape index (κ3) is 3.64. The minimum Gasteiger partial charge on any atom is -0.361 e. The number of fused-ring (bicyclic) bond motifs is 5. The number of hydrogen-bond donors (Lipinski definition) is 3. The van der Waals surface area contributed by atoms with E-state index in [1.807, 2.05) is 48.7 Å². The summed E-state index contributed by atoms with van der Waals surface area (Å²) in [5.41, 5.74) is 9.07. The van der Waals surface area contributed by atoms with E-state index >= 15 is 0 Å². The topological polar surface area (TPSA) is 84.0 Å². The Morgan fingerprint density at radius 3 is 2.15 bits per heavy atom. The fraction of sp³-hybridized carbons (Fsp3) is 0.0286. The van der Waals surface area contributed by atoms with Gasteiger partial charge in [0.15, 0.2) is 0 Å². The summed E-state index contributed by atoms with van der Waals surface area (Å²) in [6, 6.07) is 33.1. The van der Waals surface area contributed by atoms with Crippen molar-refractivity contribution in [3.63, 3.8) is 0 Å². The molecule has 0 bridgehead atoms. The van der Waals surface area contributed by atoms with E-state index in [1.54, 1.807) is 12.1 Å². The minimum absolute atomic E-state index is 0.258. The van der Waals surface area contributed by atoms with Gasteiger partial charge < -0.3 is 15.0 Å². The van der Waals surface area contributed by atoms with Crippen molar-refractivity contribution < 1.29 is 4.39 Å². The van der Waals surface area contributed by atoms with Crippen molar-refractivity contribution in [3.05, 3.63) is 138 Å². The summed E-state index contributed by atoms with van der Waals surface area (Å²) in [4.78, 5) is 15.7. The molecule has 3 N–H and O–H groups in total. The zero-order chi connectivity index (χ0) is 27.5. The van der Waals surface area contributed by atoms with E-state index < -0.39 is 0 Å². The average Bonchev–Trinajstić information content (AvgIpc) is 3.73. The number of para-hydroxylation sites is 2. The summed E-state index contributed by atoms with van der Waals surface area (Å²) in [5.74, 6) is -0.548. The standard InChI is InChI=1S/C35H22FN5/c36-22-12-10-21(11-13-22)34-35-26(23-5-2-4-8-31(23)40-35)16-32(41-34)33(27-18-38-29-7-3-1-6-24(27)29)28-19-39-30-14-9-20(17-37)15-25(28)30/h1-16,18-19,33,38-40H. The van der Waals surface area contributed by atoms with Crippen LogP contribution in [0.1, 0.15) is 28.3 Å². The van der Waals surface area contributed by atoms with Crippen molar-refractivity contribution in [2.75, 3.05) is 0 Å². The van der Waals surface area contributed by atoms with Gasteiger partial charge >= 0.3 is 0 Å². The second kappa shape index (κ2) is 8.94. The number of halogens is 1. The lowest BCUT2D eigenvalue weighted by atomic mass is 9.86. The molecule has 0 aliphatic heterocycles. The van der Waals surface area contributed by atoms with Gasteiger partial charge in [0.05, 0.1) is 34.5 Å². The lowest BCUT2D eigenvalue weighted by molar-refractivity contribution is 0.628. The zero-order valence-corrected chi connectivity index (χ0v) is 21.7. The van der Waals surface area contributed by atoms with Crippen molar-refractivity contribution in [3.8, 4) is 17.3 Å². The summed E-state index contributed by atoms with van der Waals surface area (Å²) in [5, 5.41) is 13.9. The zero-order valence-electron chi connectivity index (χ0n) is 21.7. The Hall–Kier alpha value is -5.67. The summed E-state index contributed by atoms with van der Waals surface area (Å²) in [7, 11) is 0. The second-order valence-corrected chi connectivity index (χ2v) is 10.3. The Bertz CT molecular complexity index is 2300. The maximum atomic E-state index is 14.0. The third-order valence-electron chi connectivity index (χ3n) is 8.02. The monoisotopic (exact) mass is 531 g/mol. The van der Waals surface area contributed by atoms with E-state index in [-0.39, 0.29) is 11.7 Å². The van der Waals surface area contributed by atoms with E-state index in [4.69, 9.17) is 4.98 Å². The number of nitriles is 1. The van der Waals surface area contributed by atoms with Crippen molar-refractivity contribution in [1.82, 2.24) is 19.9 Å². The van der Waals surface area contributed by atoms with Gasteiger partial charge in [0.25, 0.3) is 0 Å². The van der Waals surface area contributed by atoms with E-state index in [9.17, 15) is 9.65 Å². The molecule has 4 aromatic carbocycles. The highest BCUT2D eigenvalue weighted by atomic mass is 19.1. The first-order valence-electron chi connectivity index (χ1n) is 13.4. The number of benzene rings is 4. The molecule has 1 atom stereocenters. The normalized spacial score (nSPS) is 12.4. The highest BCUT2D eigenvalue weighted by Crippen LogP contribution is 2.42. The Labute approximate surface area is 233 Å². The number of nitrogens with one attached hydrogen (secondary N) is 3. The van der Waals surface area contributed by atoms with Crippen molar-refractivity contribution in [2.45, 2.75) is 5.92 Å². The molecule has 6 heteroatoms. The Morgan fingerprint density at radius 1 is 0.683 bits per heavy atom. The molecule has 0 aliphatic carbocycles. The molecule has 0 aliphatic rings. The third-order valence-corrected chi connectivity index (χ3v) is 8.02. The largest absolute Gasteiger partial charge is 0.361 e. The molecule has 194 valence electrons. The maximum absolute atomic E-state index is 14.0. The van der Waals surface area contributed by atoms with Crippen LogP contribution in [0, 0.1) is 17.1 Å². The lowest BCUT2D eigenvalue weighted by Gasteiger charge is -2.18. The predicted molar refractivity (Wildman–Crippen MR) is 161 cm³/mol. The number of nitrogens with zero attached hydrogens (tertiary/aromatic N) is 2. The number of H-pyrrole nitrogens is 3. The fourth-order valence-corrected chi connectivity index (χ4v) is 6.10. The lowest BCUT2D eigenvalue weighted by Crippen LogP contribution is -2.06. The summed E-state index contributed by atoms with van der Waals surface area (Å²) in [6.45, 7) is 0. The number of hydrogen-bond acceptors (Lipinski definition) is 2. The van der Waals surface area contributed by atoms with Gasteiger partial charge in [-0.2, -0.15) is 5.26 Å². The van der Waals surface area contributed by atoms with Gasteiger partial charge in [0, 0.05) is 56.1 Å². The molecule has 0 radical (unpaired) electrons. The SMILES string of the molecule is N#Cc1ccc2[nH]cc(C(c3cc4c([nH]c5ccccc54)c(-c4ccc(F)cc4)n3)c3c[nH]c4ccccc34)c2c1. The number of pyridine rings is 1. The van der Waals surface area contributed by atoms with Crippen molar-refractivity contribution in [2.24, 2.45) is 0 Å². The molecule has 4 aromatic heterocycles. The Balaban J connectivity index is 1.48. The van der Waals surface area contributed by atoms with Crippen LogP contribution < -0.4 is 0 Å². The van der Waals surface area contributed by atoms with Crippen LogP contribution in [0.4, 0.5) is 4.39 Å². The van der Waals surface area contributed by atoms with Gasteiger partial charge in [-0.05, 0) is 71.8 Å². The van der Waals surface area contributed by atoms with Crippen LogP contribution in [0.25, 0.3) is 54.9 Å². The molecule has 41 heavy (non-hydrogen) atoms. The molecule has 0 spiro atoms. The second-order valence-electron chi connectivity index (χ2n) is 10.3. The van der Waals surface area contributed by atoms with Crippen LogP contribution >= 0.6 is 0 Å².